The molecule has 2 saturated heterocycles. The molecule has 2 atom stereocenters. The summed E-state index contributed by atoms with van der Waals surface area (Å²) in [5, 5.41) is 0.689. The van der Waals surface area contributed by atoms with Gasteiger partial charge < -0.3 is 4.90 Å². The zero-order valence-electron chi connectivity index (χ0n) is 10.3. The van der Waals surface area contributed by atoms with Gasteiger partial charge >= 0.3 is 0 Å². The molecule has 2 unspecified atom stereocenters. The average molecular weight is 247 g/mol. The monoisotopic (exact) mass is 247 g/mol. The Bertz CT molecular complexity index is 471. The Morgan fingerprint density at radius 2 is 2.24 bits per heavy atom. The van der Waals surface area contributed by atoms with Crippen molar-refractivity contribution in [1.29, 1.82) is 0 Å². The van der Waals surface area contributed by atoms with Crippen molar-refractivity contribution in [1.82, 2.24) is 4.90 Å². The highest BCUT2D eigenvalue weighted by Gasteiger charge is 2.41. The summed E-state index contributed by atoms with van der Waals surface area (Å²) in [5.41, 5.74) is 3.15. The molecule has 17 heavy (non-hydrogen) atoms. The largest absolute Gasteiger partial charge is 0.334 e. The lowest BCUT2D eigenvalue weighted by atomic mass is 10.0. The number of nitrogens with zero attached hydrogens (tertiary/aromatic N) is 1. The smallest absolute Gasteiger partial charge is 0.254 e. The van der Waals surface area contributed by atoms with Gasteiger partial charge in [-0.25, -0.2) is 0 Å². The Labute approximate surface area is 106 Å². The number of benzene rings is 1. The van der Waals surface area contributed by atoms with Gasteiger partial charge in [0.15, 0.2) is 0 Å². The van der Waals surface area contributed by atoms with Gasteiger partial charge in [-0.15, -0.1) is 0 Å². The van der Waals surface area contributed by atoms with E-state index in [4.69, 9.17) is 0 Å². The fourth-order valence-corrected chi connectivity index (χ4v) is 4.20. The van der Waals surface area contributed by atoms with Crippen LogP contribution in [-0.4, -0.2) is 34.4 Å². The Balaban J connectivity index is 1.89. The first-order chi connectivity index (χ1) is 8.15. The molecule has 1 aromatic carbocycles. The van der Waals surface area contributed by atoms with Gasteiger partial charge in [0.05, 0.1) is 0 Å². The molecule has 1 amide bonds. The summed E-state index contributed by atoms with van der Waals surface area (Å²) in [6.07, 6.45) is 1.20. The van der Waals surface area contributed by atoms with E-state index in [1.165, 1.54) is 6.42 Å². The second kappa shape index (κ2) is 4.05. The standard InChI is InChI=1S/C14H17NOS/c1-9-3-4-10(2)13(5-9)14(16)15-7-12-6-11(15)8-17-12/h3-5,11-12H,6-8H2,1-2H3. The third kappa shape index (κ3) is 1.86. The highest BCUT2D eigenvalue weighted by atomic mass is 32.2. The molecule has 0 N–H and O–H groups in total. The van der Waals surface area contributed by atoms with Crippen molar-refractivity contribution in [3.63, 3.8) is 0 Å². The van der Waals surface area contributed by atoms with Crippen LogP contribution in [0.4, 0.5) is 0 Å². The number of aryl methyl sites for hydroxylation is 2. The molecule has 2 aliphatic rings. The molecule has 0 radical (unpaired) electrons. The first-order valence-corrected chi connectivity index (χ1v) is 7.20. The van der Waals surface area contributed by atoms with Crippen LogP contribution in [0.2, 0.25) is 0 Å². The van der Waals surface area contributed by atoms with Crippen molar-refractivity contribution in [2.45, 2.75) is 31.6 Å². The predicted octanol–water partition coefficient (Wildman–Crippen LogP) is 2.63. The van der Waals surface area contributed by atoms with E-state index in [-0.39, 0.29) is 5.91 Å². The molecule has 2 aliphatic heterocycles. The molecule has 0 aromatic heterocycles. The average Bonchev–Trinajstić information content (AvgIpc) is 2.93. The fourth-order valence-electron chi connectivity index (χ4n) is 2.77. The molecule has 3 rings (SSSR count). The normalized spacial score (nSPS) is 26.6. The van der Waals surface area contributed by atoms with E-state index in [9.17, 15) is 4.79 Å². The summed E-state index contributed by atoms with van der Waals surface area (Å²) < 4.78 is 0. The minimum atomic E-state index is 0.235. The fraction of sp³-hybridized carbons (Fsp3) is 0.500. The molecule has 3 heteroatoms. The first-order valence-electron chi connectivity index (χ1n) is 6.15. The Morgan fingerprint density at radius 3 is 2.88 bits per heavy atom. The first kappa shape index (κ1) is 11.1. The summed E-state index contributed by atoms with van der Waals surface area (Å²) in [6, 6.07) is 6.62. The lowest BCUT2D eigenvalue weighted by Gasteiger charge is -2.27. The lowest BCUT2D eigenvalue weighted by molar-refractivity contribution is 0.0747. The van der Waals surface area contributed by atoms with Crippen LogP contribution in [0.3, 0.4) is 0 Å². The maximum absolute atomic E-state index is 12.5. The molecule has 2 bridgehead atoms. The molecule has 0 aliphatic carbocycles. The van der Waals surface area contributed by atoms with Gasteiger partial charge in [0, 0.05) is 29.2 Å². The molecular formula is C14H17NOS. The zero-order valence-corrected chi connectivity index (χ0v) is 11.1. The van der Waals surface area contributed by atoms with Crippen LogP contribution >= 0.6 is 11.8 Å². The van der Waals surface area contributed by atoms with Crippen LogP contribution in [0.5, 0.6) is 0 Å². The Morgan fingerprint density at radius 1 is 1.41 bits per heavy atom. The molecule has 90 valence electrons. The number of rotatable bonds is 1. The van der Waals surface area contributed by atoms with Gasteiger partial charge in [-0.2, -0.15) is 11.8 Å². The third-order valence-corrected chi connectivity index (χ3v) is 5.17. The quantitative estimate of drug-likeness (QED) is 0.760. The van der Waals surface area contributed by atoms with E-state index < -0.39 is 0 Å². The van der Waals surface area contributed by atoms with Crippen LogP contribution in [0.25, 0.3) is 0 Å². The number of hydrogen-bond acceptors (Lipinski definition) is 2. The van der Waals surface area contributed by atoms with Gasteiger partial charge in [-0.05, 0) is 31.9 Å². The van der Waals surface area contributed by atoms with E-state index >= 15 is 0 Å². The van der Waals surface area contributed by atoms with Crippen LogP contribution in [0, 0.1) is 13.8 Å². The van der Waals surface area contributed by atoms with Crippen molar-refractivity contribution < 1.29 is 4.79 Å². The number of likely N-dealkylation sites (tertiary alicyclic amines) is 1. The predicted molar refractivity (Wildman–Crippen MR) is 71.6 cm³/mol. The summed E-state index contributed by atoms with van der Waals surface area (Å²) in [4.78, 5) is 14.6. The highest BCUT2D eigenvalue weighted by molar-refractivity contribution is 8.00. The number of fused-ring (bicyclic) bond motifs is 2. The number of hydrogen-bond donors (Lipinski definition) is 0. The van der Waals surface area contributed by atoms with Crippen molar-refractivity contribution in [3.8, 4) is 0 Å². The van der Waals surface area contributed by atoms with Crippen molar-refractivity contribution in [3.05, 3.63) is 34.9 Å². The SMILES string of the molecule is Cc1ccc(C)c(C(=O)N2CC3CC2CS3)c1. The maximum Gasteiger partial charge on any atom is 0.254 e. The van der Waals surface area contributed by atoms with Crippen LogP contribution < -0.4 is 0 Å². The molecule has 2 nitrogen and oxygen atoms in total. The number of amides is 1. The van der Waals surface area contributed by atoms with E-state index in [0.717, 1.165) is 29.0 Å². The van der Waals surface area contributed by atoms with Crippen LogP contribution in [-0.2, 0) is 0 Å². The summed E-state index contributed by atoms with van der Waals surface area (Å²) >= 11 is 2.02. The second-order valence-electron chi connectivity index (χ2n) is 5.12. The summed E-state index contributed by atoms with van der Waals surface area (Å²) in [5.74, 6) is 1.36. The second-order valence-corrected chi connectivity index (χ2v) is 6.45. The van der Waals surface area contributed by atoms with Crippen molar-refractivity contribution >= 4 is 17.7 Å². The Kier molecular flexibility index (Phi) is 2.66. The molecular weight excluding hydrogens is 230 g/mol. The third-order valence-electron chi connectivity index (χ3n) is 3.78. The molecule has 2 heterocycles. The molecule has 2 fully saturated rings. The van der Waals surface area contributed by atoms with Crippen molar-refractivity contribution in [2.24, 2.45) is 0 Å². The number of carbonyl (C=O) groups is 1. The van der Waals surface area contributed by atoms with E-state index in [1.807, 2.05) is 37.7 Å². The van der Waals surface area contributed by atoms with Crippen molar-refractivity contribution in [2.75, 3.05) is 12.3 Å². The van der Waals surface area contributed by atoms with Gasteiger partial charge in [0.1, 0.15) is 0 Å². The number of thioether (sulfide) groups is 1. The van der Waals surface area contributed by atoms with E-state index in [2.05, 4.69) is 11.0 Å². The van der Waals surface area contributed by atoms with Gasteiger partial charge in [-0.1, -0.05) is 17.7 Å². The number of carbonyl (C=O) groups excluding carboxylic acids is 1. The lowest BCUT2D eigenvalue weighted by Crippen LogP contribution is -2.39. The summed E-state index contributed by atoms with van der Waals surface area (Å²) in [6.45, 7) is 5.01. The minimum absolute atomic E-state index is 0.235. The topological polar surface area (TPSA) is 20.3 Å². The summed E-state index contributed by atoms with van der Waals surface area (Å²) in [7, 11) is 0. The van der Waals surface area contributed by atoms with Crippen LogP contribution in [0.1, 0.15) is 27.9 Å². The van der Waals surface area contributed by atoms with E-state index in [1.54, 1.807) is 0 Å². The zero-order chi connectivity index (χ0) is 12.0. The molecule has 0 spiro atoms. The van der Waals surface area contributed by atoms with Crippen LogP contribution in [0.15, 0.2) is 18.2 Å². The molecule has 0 saturated carbocycles. The maximum atomic E-state index is 12.5. The van der Waals surface area contributed by atoms with Gasteiger partial charge in [0.2, 0.25) is 0 Å². The van der Waals surface area contributed by atoms with Gasteiger partial charge in [-0.3, -0.25) is 4.79 Å². The minimum Gasteiger partial charge on any atom is -0.334 e. The molecule has 1 aromatic rings. The van der Waals surface area contributed by atoms with E-state index in [0.29, 0.717) is 11.3 Å². The van der Waals surface area contributed by atoms with Gasteiger partial charge in [0.25, 0.3) is 5.91 Å². The highest BCUT2D eigenvalue weighted by Crippen LogP contribution is 2.38. The Hall–Kier alpha value is -0.960.